The molecule has 2 heterocycles. The number of urea groups is 1. The van der Waals surface area contributed by atoms with Crippen molar-refractivity contribution in [3.8, 4) is 11.5 Å². The average Bonchev–Trinajstić information content (AvgIpc) is 3.74. The summed E-state index contributed by atoms with van der Waals surface area (Å²) < 4.78 is 34.8. The van der Waals surface area contributed by atoms with Gasteiger partial charge in [0.2, 0.25) is 11.8 Å². The predicted molar refractivity (Wildman–Crippen MR) is 141 cm³/mol. The first-order chi connectivity index (χ1) is 19.2. The summed E-state index contributed by atoms with van der Waals surface area (Å²) in [7, 11) is 0. The van der Waals surface area contributed by atoms with Crippen LogP contribution >= 0.6 is 0 Å². The number of primary amides is 1. The van der Waals surface area contributed by atoms with Gasteiger partial charge in [-0.2, -0.15) is 0 Å². The molecule has 0 bridgehead atoms. The Morgan fingerprint density at radius 2 is 1.70 bits per heavy atom. The van der Waals surface area contributed by atoms with Gasteiger partial charge in [-0.15, -0.1) is 0 Å². The van der Waals surface area contributed by atoms with E-state index in [-0.39, 0.29) is 47.6 Å². The molecule has 3 aromatic rings. The Bertz CT molecular complexity index is 1440. The second-order valence-corrected chi connectivity index (χ2v) is 9.80. The zero-order chi connectivity index (χ0) is 28.4. The fraction of sp³-hybridized carbons (Fsp3) is 0.286. The molecular weight excluding hydrogens is 524 g/mol. The van der Waals surface area contributed by atoms with Gasteiger partial charge < -0.3 is 20.5 Å². The molecule has 1 saturated carbocycles. The highest BCUT2D eigenvalue weighted by molar-refractivity contribution is 6.16. The number of benzene rings is 2. The van der Waals surface area contributed by atoms with Crippen LogP contribution in [0, 0.1) is 17.0 Å². The number of amides is 4. The van der Waals surface area contributed by atoms with E-state index in [1.807, 2.05) is 0 Å². The van der Waals surface area contributed by atoms with E-state index >= 15 is 4.39 Å². The highest BCUT2D eigenvalue weighted by atomic mass is 19.1. The zero-order valence-corrected chi connectivity index (χ0v) is 21.3. The molecule has 1 aromatic heterocycles. The number of rotatable bonds is 7. The Morgan fingerprint density at radius 3 is 2.33 bits per heavy atom. The van der Waals surface area contributed by atoms with Gasteiger partial charge in [-0.3, -0.25) is 19.8 Å². The number of carbonyl (C=O) groups excluding carboxylic acids is 3. The number of carbonyl (C=O) groups is 3. The van der Waals surface area contributed by atoms with Crippen LogP contribution in [0.3, 0.4) is 0 Å². The van der Waals surface area contributed by atoms with Crippen LogP contribution in [0.2, 0.25) is 0 Å². The third kappa shape index (κ3) is 5.57. The Labute approximate surface area is 228 Å². The fourth-order valence-electron chi connectivity index (χ4n) is 4.53. The molecule has 208 valence electrons. The lowest BCUT2D eigenvalue weighted by Crippen LogP contribution is -2.42. The number of aromatic nitrogens is 1. The van der Waals surface area contributed by atoms with Crippen molar-refractivity contribution in [2.45, 2.75) is 31.8 Å². The van der Waals surface area contributed by atoms with Gasteiger partial charge in [-0.1, -0.05) is 0 Å². The third-order valence-electron chi connectivity index (χ3n) is 7.03. The first-order valence-corrected chi connectivity index (χ1v) is 12.7. The number of nitrogens with one attached hydrogen (secondary N) is 1. The Balaban J connectivity index is 1.35. The number of aliphatic hydroxyl groups excluding tert-OH is 1. The molecular formula is C28H27F2N5O5. The van der Waals surface area contributed by atoms with Crippen molar-refractivity contribution in [3.63, 3.8) is 0 Å². The van der Waals surface area contributed by atoms with E-state index in [4.69, 9.17) is 10.5 Å². The van der Waals surface area contributed by atoms with Crippen molar-refractivity contribution in [3.05, 3.63) is 72.4 Å². The van der Waals surface area contributed by atoms with Gasteiger partial charge in [-0.05, 0) is 68.1 Å². The molecule has 2 aromatic carbocycles. The second-order valence-electron chi connectivity index (χ2n) is 9.80. The Hall–Kier alpha value is -4.58. The molecule has 4 amide bonds. The quantitative estimate of drug-likeness (QED) is 0.379. The molecule has 0 spiro atoms. The topological polar surface area (TPSA) is 138 Å². The molecule has 2 aliphatic rings. The van der Waals surface area contributed by atoms with Crippen LogP contribution in [0.25, 0.3) is 0 Å². The van der Waals surface area contributed by atoms with Gasteiger partial charge in [0.25, 0.3) is 0 Å². The summed E-state index contributed by atoms with van der Waals surface area (Å²) in [6, 6.07) is 11.3. The number of hydrogen-bond acceptors (Lipinski definition) is 6. The van der Waals surface area contributed by atoms with Crippen LogP contribution < -0.4 is 20.7 Å². The van der Waals surface area contributed by atoms with E-state index in [9.17, 15) is 23.9 Å². The summed E-state index contributed by atoms with van der Waals surface area (Å²) in [5.41, 5.74) is 4.05. The fourth-order valence-corrected chi connectivity index (χ4v) is 4.53. The first kappa shape index (κ1) is 27.0. The van der Waals surface area contributed by atoms with Crippen molar-refractivity contribution in [2.75, 3.05) is 23.3 Å². The molecule has 4 N–H and O–H groups in total. The van der Waals surface area contributed by atoms with Crippen LogP contribution in [0.4, 0.5) is 30.8 Å². The summed E-state index contributed by atoms with van der Waals surface area (Å²) in [4.78, 5) is 44.7. The van der Waals surface area contributed by atoms with Crippen molar-refractivity contribution < 1.29 is 33.0 Å². The molecule has 10 nitrogen and oxygen atoms in total. The number of anilines is 3. The molecule has 0 atom stereocenters. The summed E-state index contributed by atoms with van der Waals surface area (Å²) in [6.45, 7) is 0.847. The maximum absolute atomic E-state index is 15.5. The first-order valence-electron chi connectivity index (χ1n) is 12.7. The molecule has 5 rings (SSSR count). The number of pyridine rings is 1. The lowest BCUT2D eigenvalue weighted by molar-refractivity contribution is -0.133. The number of halogens is 2. The van der Waals surface area contributed by atoms with Gasteiger partial charge in [-0.25, -0.2) is 18.6 Å². The van der Waals surface area contributed by atoms with E-state index in [2.05, 4.69) is 10.3 Å². The smallest absolute Gasteiger partial charge is 0.323 e. The normalized spacial score (nSPS) is 16.2. The van der Waals surface area contributed by atoms with Crippen molar-refractivity contribution in [2.24, 2.45) is 11.1 Å². The Morgan fingerprint density at radius 1 is 1.02 bits per heavy atom. The summed E-state index contributed by atoms with van der Waals surface area (Å²) >= 11 is 0. The van der Waals surface area contributed by atoms with E-state index < -0.39 is 35.0 Å². The standard InChI is InChI=1S/C28H27F2N5O5/c29-17-1-3-18(4-2-17)35(26(38)28(10-11-28)25(31)37)23-6-5-20(15-22(23)30)40-21-7-12-32-24(16-21)33-27(39)34-13-8-19(36)9-14-34/h1-7,12,15-16,19,36H,8-11,13-14H2,(H2,31,37)(H,32,33,39). The molecule has 2 fully saturated rings. The number of hydrogen-bond donors (Lipinski definition) is 3. The zero-order valence-electron chi connectivity index (χ0n) is 21.3. The van der Waals surface area contributed by atoms with E-state index in [0.29, 0.717) is 25.9 Å². The van der Waals surface area contributed by atoms with E-state index in [1.54, 1.807) is 4.90 Å². The highest BCUT2D eigenvalue weighted by Crippen LogP contribution is 2.49. The number of nitrogens with two attached hydrogens (primary N) is 1. The number of likely N-dealkylation sites (tertiary alicyclic amines) is 1. The monoisotopic (exact) mass is 551 g/mol. The minimum atomic E-state index is -1.44. The second kappa shape index (κ2) is 10.9. The van der Waals surface area contributed by atoms with E-state index in [0.717, 1.165) is 23.1 Å². The number of nitrogens with zero attached hydrogens (tertiary/aromatic N) is 3. The molecule has 12 heteroatoms. The molecule has 1 aliphatic heterocycles. The van der Waals surface area contributed by atoms with Crippen molar-refractivity contribution in [1.82, 2.24) is 9.88 Å². The van der Waals surface area contributed by atoms with E-state index in [1.165, 1.54) is 42.6 Å². The summed E-state index contributed by atoms with van der Waals surface area (Å²) in [5.74, 6) is -2.29. The number of aliphatic hydroxyl groups is 1. The molecule has 1 saturated heterocycles. The van der Waals surface area contributed by atoms with Crippen molar-refractivity contribution in [1.29, 1.82) is 0 Å². The van der Waals surface area contributed by atoms with Gasteiger partial charge in [0, 0.05) is 37.1 Å². The lowest BCUT2D eigenvalue weighted by Gasteiger charge is -2.29. The van der Waals surface area contributed by atoms with Gasteiger partial charge in [0.15, 0.2) is 5.82 Å². The van der Waals surface area contributed by atoms with Gasteiger partial charge >= 0.3 is 6.03 Å². The molecule has 40 heavy (non-hydrogen) atoms. The van der Waals surface area contributed by atoms with Crippen LogP contribution in [0.1, 0.15) is 25.7 Å². The van der Waals surface area contributed by atoms with Gasteiger partial charge in [0.1, 0.15) is 28.5 Å². The minimum Gasteiger partial charge on any atom is -0.457 e. The third-order valence-corrected chi connectivity index (χ3v) is 7.03. The molecule has 0 unspecified atom stereocenters. The van der Waals surface area contributed by atoms with Crippen LogP contribution in [-0.4, -0.2) is 52.0 Å². The predicted octanol–water partition coefficient (Wildman–Crippen LogP) is 4.07. The maximum atomic E-state index is 15.5. The number of piperidine rings is 1. The summed E-state index contributed by atoms with van der Waals surface area (Å²) in [5, 5.41) is 12.3. The van der Waals surface area contributed by atoms with Crippen molar-refractivity contribution >= 4 is 35.0 Å². The van der Waals surface area contributed by atoms with Crippen LogP contribution in [0.5, 0.6) is 11.5 Å². The molecule has 1 aliphatic carbocycles. The highest BCUT2D eigenvalue weighted by Gasteiger charge is 2.57. The van der Waals surface area contributed by atoms with Crippen LogP contribution in [0.15, 0.2) is 60.8 Å². The Kier molecular flexibility index (Phi) is 7.35. The SMILES string of the molecule is NC(=O)C1(C(=O)N(c2ccc(F)cc2)c2ccc(Oc3ccnc(NC(=O)N4CCC(O)CC4)c3)cc2F)CC1. The van der Waals surface area contributed by atoms with Gasteiger partial charge in [0.05, 0.1) is 11.8 Å². The lowest BCUT2D eigenvalue weighted by atomic mass is 10.0. The largest absolute Gasteiger partial charge is 0.457 e. The maximum Gasteiger partial charge on any atom is 0.323 e. The minimum absolute atomic E-state index is 0.0947. The summed E-state index contributed by atoms with van der Waals surface area (Å²) in [6.07, 6.45) is 2.48. The number of ether oxygens (including phenoxy) is 1. The average molecular weight is 552 g/mol. The van der Waals surface area contributed by atoms with Crippen LogP contribution in [-0.2, 0) is 9.59 Å². The molecule has 0 radical (unpaired) electrons.